The number of nitrogens with zero attached hydrogens (tertiary/aromatic N) is 3. The summed E-state index contributed by atoms with van der Waals surface area (Å²) in [5.74, 6) is 1.87. The Morgan fingerprint density at radius 1 is 1.30 bits per heavy atom. The third-order valence-electron chi connectivity index (χ3n) is 7.53. The highest BCUT2D eigenvalue weighted by Crippen LogP contribution is 2.62. The summed E-state index contributed by atoms with van der Waals surface area (Å²) in [4.78, 5) is 17.3. The average molecular weight is 451 g/mol. The van der Waals surface area contributed by atoms with Gasteiger partial charge in [-0.1, -0.05) is 6.92 Å². The number of halogens is 1. The maximum absolute atomic E-state index is 13.7. The molecule has 0 radical (unpaired) electrons. The molecule has 1 aliphatic heterocycles. The summed E-state index contributed by atoms with van der Waals surface area (Å²) in [7, 11) is 0. The first-order valence-electron chi connectivity index (χ1n) is 11.7. The molecule has 172 valence electrons. The first-order chi connectivity index (χ1) is 16.1. The Hall–Kier alpha value is -3.00. The number of benzene rings is 1. The quantitative estimate of drug-likeness (QED) is 0.583. The first-order valence-corrected chi connectivity index (χ1v) is 11.7. The molecule has 6 rings (SSSR count). The van der Waals surface area contributed by atoms with Gasteiger partial charge >= 0.3 is 0 Å². The molecular weight excluding hydrogens is 423 g/mol. The van der Waals surface area contributed by atoms with E-state index in [1.54, 1.807) is 24.5 Å². The monoisotopic (exact) mass is 450 g/mol. The van der Waals surface area contributed by atoms with E-state index in [-0.39, 0.29) is 29.8 Å². The molecule has 2 aromatic heterocycles. The molecule has 3 atom stereocenters. The van der Waals surface area contributed by atoms with E-state index in [4.69, 9.17) is 9.47 Å². The van der Waals surface area contributed by atoms with Crippen molar-refractivity contribution >= 4 is 22.5 Å². The highest BCUT2D eigenvalue weighted by atomic mass is 19.1. The van der Waals surface area contributed by atoms with Gasteiger partial charge in [0.05, 0.1) is 42.8 Å². The van der Waals surface area contributed by atoms with Gasteiger partial charge in [-0.3, -0.25) is 14.5 Å². The molecule has 0 spiro atoms. The largest absolute Gasteiger partial charge is 0.490 e. The Bertz CT molecular complexity index is 1180. The van der Waals surface area contributed by atoms with Gasteiger partial charge in [-0.15, -0.1) is 0 Å². The summed E-state index contributed by atoms with van der Waals surface area (Å²) < 4.78 is 27.1. The molecule has 3 aromatic rings. The lowest BCUT2D eigenvalue weighted by molar-refractivity contribution is -0.121. The maximum Gasteiger partial charge on any atom is 0.227 e. The maximum atomic E-state index is 13.7. The van der Waals surface area contributed by atoms with Gasteiger partial charge in [0.1, 0.15) is 11.6 Å². The van der Waals surface area contributed by atoms with Crippen molar-refractivity contribution in [3.63, 3.8) is 0 Å². The number of nitrogens with one attached hydrogen (secondary N) is 1. The number of pyridine rings is 1. The number of aromatic nitrogens is 3. The highest BCUT2D eigenvalue weighted by Gasteiger charge is 2.60. The zero-order valence-electron chi connectivity index (χ0n) is 18.5. The van der Waals surface area contributed by atoms with Crippen LogP contribution < -0.4 is 10.1 Å². The SMILES string of the molecule is CCC(C(=O)Nc1cnn(C2COC2)c1)C1C2CC(Oc3ccnc4ccc(F)cc34)CC21. The van der Waals surface area contributed by atoms with Crippen molar-refractivity contribution in [1.29, 1.82) is 0 Å². The summed E-state index contributed by atoms with van der Waals surface area (Å²) >= 11 is 0. The number of rotatable bonds is 7. The zero-order chi connectivity index (χ0) is 22.5. The fraction of sp³-hybridized carbons (Fsp3) is 0.480. The number of ether oxygens (including phenoxy) is 2. The number of amides is 1. The molecule has 1 saturated heterocycles. The summed E-state index contributed by atoms with van der Waals surface area (Å²) in [6, 6.07) is 6.64. The van der Waals surface area contributed by atoms with Crippen LogP contribution in [-0.4, -0.2) is 40.0 Å². The van der Waals surface area contributed by atoms with Crippen molar-refractivity contribution < 1.29 is 18.7 Å². The molecule has 2 saturated carbocycles. The third kappa shape index (κ3) is 3.76. The average Bonchev–Trinajstić information content (AvgIpc) is 3.09. The van der Waals surface area contributed by atoms with Crippen LogP contribution in [0.25, 0.3) is 10.9 Å². The smallest absolute Gasteiger partial charge is 0.227 e. The van der Waals surface area contributed by atoms with Crippen molar-refractivity contribution in [3.05, 3.63) is 48.7 Å². The second kappa shape index (κ2) is 8.09. The number of carbonyl (C=O) groups excluding carboxylic acids is 1. The van der Waals surface area contributed by atoms with Crippen molar-refractivity contribution in [2.75, 3.05) is 18.5 Å². The van der Waals surface area contributed by atoms with Gasteiger partial charge < -0.3 is 14.8 Å². The van der Waals surface area contributed by atoms with Crippen LogP contribution in [-0.2, 0) is 9.53 Å². The van der Waals surface area contributed by atoms with Gasteiger partial charge in [0.2, 0.25) is 5.91 Å². The number of hydrogen-bond acceptors (Lipinski definition) is 5. The Morgan fingerprint density at radius 3 is 2.85 bits per heavy atom. The molecule has 3 heterocycles. The topological polar surface area (TPSA) is 78.3 Å². The van der Waals surface area contributed by atoms with Crippen molar-refractivity contribution in [1.82, 2.24) is 14.8 Å². The van der Waals surface area contributed by atoms with E-state index in [0.29, 0.717) is 42.1 Å². The van der Waals surface area contributed by atoms with Crippen LogP contribution in [0, 0.1) is 29.5 Å². The standard InChI is InChI=1S/C25H27FN4O3/c1-2-18(25(31)29-15-10-28-30(11-15)16-12-32-13-16)24-19-8-17(9-20(19)24)33-23-5-6-27-22-4-3-14(26)7-21(22)23/h3-7,10-11,16-20,24H,2,8-9,12-13H2,1H3,(H,29,31). The van der Waals surface area contributed by atoms with Crippen LogP contribution >= 0.6 is 0 Å². The molecular formula is C25H27FN4O3. The van der Waals surface area contributed by atoms with Crippen molar-refractivity contribution in [2.45, 2.75) is 38.3 Å². The molecule has 1 N–H and O–H groups in total. The van der Waals surface area contributed by atoms with Gasteiger partial charge in [0.15, 0.2) is 0 Å². The normalized spacial score (nSPS) is 27.1. The minimum atomic E-state index is -0.293. The predicted molar refractivity (Wildman–Crippen MR) is 120 cm³/mol. The molecule has 0 bridgehead atoms. The van der Waals surface area contributed by atoms with Gasteiger partial charge in [-0.25, -0.2) is 4.39 Å². The minimum absolute atomic E-state index is 0.00723. The number of carbonyl (C=O) groups is 1. The van der Waals surface area contributed by atoms with E-state index in [1.165, 1.54) is 12.1 Å². The number of hydrogen-bond donors (Lipinski definition) is 1. The molecule has 7 nitrogen and oxygen atoms in total. The fourth-order valence-corrected chi connectivity index (χ4v) is 5.76. The molecule has 3 unspecified atom stereocenters. The fourth-order valence-electron chi connectivity index (χ4n) is 5.76. The molecule has 1 aromatic carbocycles. The van der Waals surface area contributed by atoms with E-state index in [9.17, 15) is 9.18 Å². The summed E-state index contributed by atoms with van der Waals surface area (Å²) in [6.07, 6.45) is 8.06. The van der Waals surface area contributed by atoms with Crippen molar-refractivity contribution in [2.24, 2.45) is 23.7 Å². The molecule has 3 aliphatic rings. The van der Waals surface area contributed by atoms with Crippen LogP contribution in [0.4, 0.5) is 10.1 Å². The van der Waals surface area contributed by atoms with Gasteiger partial charge in [-0.2, -0.15) is 5.10 Å². The Morgan fingerprint density at radius 2 is 2.12 bits per heavy atom. The third-order valence-corrected chi connectivity index (χ3v) is 7.53. The van der Waals surface area contributed by atoms with Crippen LogP contribution in [0.2, 0.25) is 0 Å². The van der Waals surface area contributed by atoms with Crippen LogP contribution in [0.15, 0.2) is 42.9 Å². The van der Waals surface area contributed by atoms with Gasteiger partial charge in [0, 0.05) is 23.7 Å². The summed E-state index contributed by atoms with van der Waals surface area (Å²) in [6.45, 7) is 3.43. The first kappa shape index (κ1) is 20.6. The summed E-state index contributed by atoms with van der Waals surface area (Å²) in [5, 5.41) is 8.12. The minimum Gasteiger partial charge on any atom is -0.490 e. The van der Waals surface area contributed by atoms with E-state index in [0.717, 1.165) is 30.5 Å². The second-order valence-electron chi connectivity index (χ2n) is 9.49. The lowest BCUT2D eigenvalue weighted by atomic mass is 9.93. The molecule has 8 heteroatoms. The van der Waals surface area contributed by atoms with Crippen molar-refractivity contribution in [3.8, 4) is 5.75 Å². The predicted octanol–water partition coefficient (Wildman–Crippen LogP) is 4.21. The Balaban J connectivity index is 1.07. The second-order valence-corrected chi connectivity index (χ2v) is 9.49. The molecule has 3 fully saturated rings. The van der Waals surface area contributed by atoms with Crippen LogP contribution in [0.3, 0.4) is 0 Å². The highest BCUT2D eigenvalue weighted by molar-refractivity contribution is 5.92. The van der Waals surface area contributed by atoms with E-state index >= 15 is 0 Å². The molecule has 1 amide bonds. The van der Waals surface area contributed by atoms with Crippen LogP contribution in [0.5, 0.6) is 5.75 Å². The number of anilines is 1. The Labute approximate surface area is 191 Å². The lowest BCUT2D eigenvalue weighted by Crippen LogP contribution is -2.31. The lowest BCUT2D eigenvalue weighted by Gasteiger charge is -2.25. The van der Waals surface area contributed by atoms with E-state index in [2.05, 4.69) is 22.3 Å². The van der Waals surface area contributed by atoms with Gasteiger partial charge in [0.25, 0.3) is 0 Å². The summed E-state index contributed by atoms with van der Waals surface area (Å²) in [5.41, 5.74) is 1.47. The Kier molecular flexibility index (Phi) is 5.05. The van der Waals surface area contributed by atoms with E-state index in [1.807, 2.05) is 10.9 Å². The van der Waals surface area contributed by atoms with E-state index < -0.39 is 0 Å². The van der Waals surface area contributed by atoms with Crippen LogP contribution in [0.1, 0.15) is 32.2 Å². The molecule has 33 heavy (non-hydrogen) atoms. The zero-order valence-corrected chi connectivity index (χ0v) is 18.5. The number of fused-ring (bicyclic) bond motifs is 2. The molecule has 2 aliphatic carbocycles. The van der Waals surface area contributed by atoms with Gasteiger partial charge in [-0.05, 0) is 61.3 Å².